The Morgan fingerprint density at radius 2 is 2.17 bits per heavy atom. The average Bonchev–Trinajstić information content (AvgIpc) is 2.81. The van der Waals surface area contributed by atoms with Crippen molar-refractivity contribution in [2.45, 2.75) is 19.9 Å². The zero-order valence-electron chi connectivity index (χ0n) is 10.0. The lowest BCUT2D eigenvalue weighted by molar-refractivity contribution is 0.603. The summed E-state index contributed by atoms with van der Waals surface area (Å²) >= 11 is 1.38. The van der Waals surface area contributed by atoms with Crippen LogP contribution in [0.25, 0.3) is 10.4 Å². The third kappa shape index (κ3) is 3.11. The molecule has 1 aromatic heterocycles. The molecule has 0 saturated carbocycles. The summed E-state index contributed by atoms with van der Waals surface area (Å²) in [4.78, 5) is 4.86. The van der Waals surface area contributed by atoms with Crippen molar-refractivity contribution in [1.82, 2.24) is 10.3 Å². The maximum atomic E-state index is 13.6. The van der Waals surface area contributed by atoms with Crippen LogP contribution < -0.4 is 5.32 Å². The molecule has 0 unspecified atom stereocenters. The predicted molar refractivity (Wildman–Crippen MR) is 69.5 cm³/mol. The van der Waals surface area contributed by atoms with Crippen LogP contribution in [0.1, 0.15) is 18.4 Å². The number of halogens is 2. The summed E-state index contributed by atoms with van der Waals surface area (Å²) in [5.41, 5.74) is 0.272. The van der Waals surface area contributed by atoms with Gasteiger partial charge in [-0.3, -0.25) is 0 Å². The first kappa shape index (κ1) is 13.1. The Hall–Kier alpha value is -1.33. The molecule has 0 radical (unpaired) electrons. The van der Waals surface area contributed by atoms with Crippen molar-refractivity contribution < 1.29 is 8.78 Å². The zero-order valence-corrected chi connectivity index (χ0v) is 10.9. The Bertz CT molecular complexity index is 525. The summed E-state index contributed by atoms with van der Waals surface area (Å²) in [7, 11) is 0. The summed E-state index contributed by atoms with van der Waals surface area (Å²) < 4.78 is 26.7. The molecule has 0 spiro atoms. The highest BCUT2D eigenvalue weighted by molar-refractivity contribution is 7.15. The molecule has 5 heteroatoms. The highest BCUT2D eigenvalue weighted by Crippen LogP contribution is 2.28. The Labute approximate surface area is 109 Å². The highest BCUT2D eigenvalue weighted by Gasteiger charge is 2.10. The fraction of sp³-hybridized carbons (Fsp3) is 0.308. The van der Waals surface area contributed by atoms with Crippen LogP contribution >= 0.6 is 11.3 Å². The van der Waals surface area contributed by atoms with Crippen molar-refractivity contribution in [2.75, 3.05) is 6.54 Å². The molecule has 1 aromatic carbocycles. The van der Waals surface area contributed by atoms with E-state index < -0.39 is 11.6 Å². The van der Waals surface area contributed by atoms with Crippen molar-refractivity contribution >= 4 is 11.3 Å². The van der Waals surface area contributed by atoms with E-state index in [1.54, 1.807) is 6.20 Å². The minimum atomic E-state index is -0.439. The molecule has 0 amide bonds. The predicted octanol–water partition coefficient (Wildman–Crippen LogP) is 3.59. The van der Waals surface area contributed by atoms with E-state index in [1.165, 1.54) is 17.4 Å². The van der Waals surface area contributed by atoms with Gasteiger partial charge in [0, 0.05) is 18.3 Å². The molecule has 2 rings (SSSR count). The van der Waals surface area contributed by atoms with Crippen molar-refractivity contribution in [3.8, 4) is 10.4 Å². The summed E-state index contributed by atoms with van der Waals surface area (Å²) in [6.45, 7) is 3.67. The number of hydrogen-bond acceptors (Lipinski definition) is 3. The zero-order chi connectivity index (χ0) is 13.0. The lowest BCUT2D eigenvalue weighted by Crippen LogP contribution is -2.13. The second-order valence-corrected chi connectivity index (χ2v) is 5.03. The minimum Gasteiger partial charge on any atom is -0.310 e. The van der Waals surface area contributed by atoms with Gasteiger partial charge in [-0.1, -0.05) is 6.92 Å². The summed E-state index contributed by atoms with van der Waals surface area (Å²) in [5, 5.41) is 4.10. The van der Waals surface area contributed by atoms with E-state index >= 15 is 0 Å². The fourth-order valence-corrected chi connectivity index (χ4v) is 2.48. The third-order valence-electron chi connectivity index (χ3n) is 2.45. The van der Waals surface area contributed by atoms with Gasteiger partial charge in [0.15, 0.2) is 0 Å². The van der Waals surface area contributed by atoms with Gasteiger partial charge in [0.05, 0.1) is 4.88 Å². The van der Waals surface area contributed by atoms with Gasteiger partial charge in [-0.05, 0) is 31.2 Å². The van der Waals surface area contributed by atoms with E-state index in [4.69, 9.17) is 0 Å². The Morgan fingerprint density at radius 1 is 1.33 bits per heavy atom. The molecule has 0 fully saturated rings. The van der Waals surface area contributed by atoms with Gasteiger partial charge in [-0.2, -0.15) is 0 Å². The normalized spacial score (nSPS) is 10.8. The molecule has 0 aliphatic carbocycles. The smallest absolute Gasteiger partial charge is 0.132 e. The molecule has 0 atom stereocenters. The van der Waals surface area contributed by atoms with Crippen molar-refractivity contribution in [3.05, 3.63) is 41.0 Å². The lowest BCUT2D eigenvalue weighted by atomic mass is 10.2. The highest BCUT2D eigenvalue weighted by atomic mass is 32.1. The van der Waals surface area contributed by atoms with E-state index in [0.717, 1.165) is 30.1 Å². The molecule has 18 heavy (non-hydrogen) atoms. The van der Waals surface area contributed by atoms with Gasteiger partial charge in [0.25, 0.3) is 0 Å². The first-order valence-corrected chi connectivity index (χ1v) is 6.63. The fourth-order valence-electron chi connectivity index (χ4n) is 1.57. The number of hydrogen-bond donors (Lipinski definition) is 1. The van der Waals surface area contributed by atoms with Gasteiger partial charge in [-0.15, -0.1) is 11.3 Å². The monoisotopic (exact) mass is 268 g/mol. The molecule has 0 saturated heterocycles. The number of aromatic nitrogens is 1. The van der Waals surface area contributed by atoms with Crippen LogP contribution in [0.15, 0.2) is 24.4 Å². The van der Waals surface area contributed by atoms with Crippen LogP contribution in [0, 0.1) is 11.6 Å². The minimum absolute atomic E-state index is 0.272. The molecule has 0 aliphatic rings. The molecule has 96 valence electrons. The Kier molecular flexibility index (Phi) is 4.38. The number of benzene rings is 1. The quantitative estimate of drug-likeness (QED) is 0.838. The average molecular weight is 268 g/mol. The SMILES string of the molecule is CCCNCc1ncc(-c2cc(F)ccc2F)s1. The summed E-state index contributed by atoms with van der Waals surface area (Å²) in [6, 6.07) is 3.45. The van der Waals surface area contributed by atoms with E-state index in [2.05, 4.69) is 17.2 Å². The van der Waals surface area contributed by atoms with E-state index in [0.29, 0.717) is 11.4 Å². The molecular formula is C13H14F2N2S. The lowest BCUT2D eigenvalue weighted by Gasteiger charge is -1.99. The Balaban J connectivity index is 2.16. The molecule has 2 nitrogen and oxygen atoms in total. The molecular weight excluding hydrogens is 254 g/mol. The number of thiazole rings is 1. The third-order valence-corrected chi connectivity index (χ3v) is 3.48. The number of rotatable bonds is 5. The second-order valence-electron chi connectivity index (χ2n) is 3.92. The largest absolute Gasteiger partial charge is 0.310 e. The summed E-state index contributed by atoms with van der Waals surface area (Å²) in [6.07, 6.45) is 2.64. The van der Waals surface area contributed by atoms with E-state index in [9.17, 15) is 8.78 Å². The van der Waals surface area contributed by atoms with E-state index in [1.807, 2.05) is 0 Å². The maximum absolute atomic E-state index is 13.6. The maximum Gasteiger partial charge on any atom is 0.132 e. The van der Waals surface area contributed by atoms with Crippen molar-refractivity contribution in [1.29, 1.82) is 0 Å². The van der Waals surface area contributed by atoms with Crippen LogP contribution in [0.2, 0.25) is 0 Å². The summed E-state index contributed by atoms with van der Waals surface area (Å²) in [5.74, 6) is -0.862. The van der Waals surface area contributed by atoms with Crippen LogP contribution in [0.3, 0.4) is 0 Å². The van der Waals surface area contributed by atoms with Gasteiger partial charge < -0.3 is 5.32 Å². The van der Waals surface area contributed by atoms with Gasteiger partial charge in [0.1, 0.15) is 16.6 Å². The molecule has 2 aromatic rings. The molecule has 0 aliphatic heterocycles. The van der Waals surface area contributed by atoms with Gasteiger partial charge >= 0.3 is 0 Å². The van der Waals surface area contributed by atoms with Gasteiger partial charge in [-0.25, -0.2) is 13.8 Å². The number of nitrogens with one attached hydrogen (secondary N) is 1. The van der Waals surface area contributed by atoms with Crippen LogP contribution in [-0.4, -0.2) is 11.5 Å². The second kappa shape index (κ2) is 6.02. The van der Waals surface area contributed by atoms with Crippen molar-refractivity contribution in [2.24, 2.45) is 0 Å². The topological polar surface area (TPSA) is 24.9 Å². The van der Waals surface area contributed by atoms with Crippen LogP contribution in [0.5, 0.6) is 0 Å². The molecule has 1 heterocycles. The van der Waals surface area contributed by atoms with Crippen molar-refractivity contribution in [3.63, 3.8) is 0 Å². The first-order chi connectivity index (χ1) is 8.70. The van der Waals surface area contributed by atoms with Crippen LogP contribution in [-0.2, 0) is 6.54 Å². The number of nitrogens with zero attached hydrogens (tertiary/aromatic N) is 1. The van der Waals surface area contributed by atoms with Crippen LogP contribution in [0.4, 0.5) is 8.78 Å². The molecule has 0 bridgehead atoms. The molecule has 1 N–H and O–H groups in total. The Morgan fingerprint density at radius 3 is 2.94 bits per heavy atom. The first-order valence-electron chi connectivity index (χ1n) is 5.81. The van der Waals surface area contributed by atoms with Gasteiger partial charge in [0.2, 0.25) is 0 Å². The standard InChI is InChI=1S/C13H14F2N2S/c1-2-5-16-8-13-17-7-12(18-13)10-6-9(14)3-4-11(10)15/h3-4,6-7,16H,2,5,8H2,1H3. The van der Waals surface area contributed by atoms with E-state index in [-0.39, 0.29) is 5.56 Å².